The Kier molecular flexibility index (Phi) is 9.69. The second-order valence-corrected chi connectivity index (χ2v) is 9.66. The molecule has 3 atom stereocenters. The van der Waals surface area contributed by atoms with Gasteiger partial charge in [0, 0.05) is 29.8 Å². The number of H-pyrrole nitrogens is 1. The van der Waals surface area contributed by atoms with Crippen LogP contribution in [0.4, 0.5) is 4.79 Å². The number of rotatable bonds is 13. The van der Waals surface area contributed by atoms with Crippen LogP contribution >= 0.6 is 0 Å². The Bertz CT molecular complexity index is 1190. The summed E-state index contributed by atoms with van der Waals surface area (Å²) in [5.41, 5.74) is 0.940. The van der Waals surface area contributed by atoms with E-state index < -0.39 is 41.8 Å². The molecule has 1 aliphatic rings. The Morgan fingerprint density at radius 2 is 1.92 bits per heavy atom. The van der Waals surface area contributed by atoms with E-state index >= 15 is 0 Å². The van der Waals surface area contributed by atoms with E-state index in [9.17, 15) is 24.0 Å². The highest BCUT2D eigenvalue weighted by atomic mass is 16.7. The fraction of sp³-hybridized carbons (Fsp3) is 0.500. The van der Waals surface area contributed by atoms with Crippen molar-refractivity contribution >= 4 is 40.6 Å². The van der Waals surface area contributed by atoms with Crippen molar-refractivity contribution in [2.24, 2.45) is 11.8 Å². The smallest absolute Gasteiger partial charge is 0.496 e. The summed E-state index contributed by atoms with van der Waals surface area (Å²) in [6.45, 7) is 3.90. The first-order valence-electron chi connectivity index (χ1n) is 12.5. The Morgan fingerprint density at radius 3 is 2.55 bits per heavy atom. The van der Waals surface area contributed by atoms with E-state index in [1.54, 1.807) is 24.3 Å². The molecular formula is C26H34N4O8. The number of Topliss-reactive ketones (excluding diaryl/α,β-unsaturated/α-hetero) is 1. The molecule has 0 radical (unpaired) electrons. The molecule has 1 aromatic carbocycles. The van der Waals surface area contributed by atoms with Gasteiger partial charge in [0.25, 0.3) is 5.91 Å². The summed E-state index contributed by atoms with van der Waals surface area (Å²) in [6, 6.07) is 5.00. The molecule has 1 fully saturated rings. The molecule has 1 aliphatic heterocycles. The van der Waals surface area contributed by atoms with Gasteiger partial charge in [-0.05, 0) is 43.4 Å². The van der Waals surface area contributed by atoms with Crippen molar-refractivity contribution in [3.05, 3.63) is 30.0 Å². The summed E-state index contributed by atoms with van der Waals surface area (Å²) in [6.07, 6.45) is -0.895. The number of amides is 3. The molecule has 0 bridgehead atoms. The third kappa shape index (κ3) is 7.46. The lowest BCUT2D eigenvalue weighted by atomic mass is 9.94. The van der Waals surface area contributed by atoms with Crippen molar-refractivity contribution in [1.29, 1.82) is 0 Å². The monoisotopic (exact) mass is 530 g/mol. The fourth-order valence-electron chi connectivity index (χ4n) is 4.48. The Balaban J connectivity index is 1.75. The quantitative estimate of drug-likeness (QED) is 0.244. The summed E-state index contributed by atoms with van der Waals surface area (Å²) in [5.74, 6) is -1.58. The summed E-state index contributed by atoms with van der Waals surface area (Å²) < 4.78 is 9.78. The first kappa shape index (κ1) is 28.5. The average Bonchev–Trinajstić information content (AvgIpc) is 3.48. The zero-order chi connectivity index (χ0) is 27.8. The Hall–Kier alpha value is -4.09. The molecular weight excluding hydrogens is 496 g/mol. The van der Waals surface area contributed by atoms with Gasteiger partial charge in [0.05, 0.1) is 13.2 Å². The predicted octanol–water partition coefficient (Wildman–Crippen LogP) is 1.99. The third-order valence-corrected chi connectivity index (χ3v) is 6.38. The number of nitrogens with one attached hydrogen (secondary N) is 4. The number of fused-ring (bicyclic) bond motifs is 1. The minimum atomic E-state index is -1.51. The van der Waals surface area contributed by atoms with E-state index in [2.05, 4.69) is 25.7 Å². The number of ether oxygens (including phenoxy) is 2. The van der Waals surface area contributed by atoms with Gasteiger partial charge in [-0.2, -0.15) is 0 Å². The maximum atomic E-state index is 13.3. The number of aromatic amines is 1. The number of hydrogen-bond acceptors (Lipinski definition) is 7. The highest BCUT2D eigenvalue weighted by molar-refractivity contribution is 6.02. The minimum absolute atomic E-state index is 0.0348. The van der Waals surface area contributed by atoms with Crippen LogP contribution in [-0.4, -0.2) is 72.1 Å². The summed E-state index contributed by atoms with van der Waals surface area (Å²) >= 11 is 0. The summed E-state index contributed by atoms with van der Waals surface area (Å²) in [5, 5.41) is 17.5. The molecule has 2 heterocycles. The van der Waals surface area contributed by atoms with E-state index in [0.717, 1.165) is 0 Å². The zero-order valence-electron chi connectivity index (χ0n) is 21.7. The molecule has 12 heteroatoms. The maximum absolute atomic E-state index is 13.3. The predicted molar refractivity (Wildman–Crippen MR) is 137 cm³/mol. The SMILES string of the molecule is COc1cccc2[nH]c(C(=O)N[C@@H](CC(C)C)C(=O)N[C@@H](C[C@@H]3CCNC3=O)C(=O)CCOC(=O)O)cc12. The molecule has 3 amide bonds. The van der Waals surface area contributed by atoms with Crippen molar-refractivity contribution < 1.29 is 38.6 Å². The number of aromatic nitrogens is 1. The van der Waals surface area contributed by atoms with Crippen LogP contribution in [0.3, 0.4) is 0 Å². The molecule has 0 spiro atoms. The number of hydrogen-bond donors (Lipinski definition) is 5. The fourth-order valence-corrected chi connectivity index (χ4v) is 4.48. The minimum Gasteiger partial charge on any atom is -0.496 e. The first-order chi connectivity index (χ1) is 18.1. The van der Waals surface area contributed by atoms with Gasteiger partial charge in [-0.15, -0.1) is 0 Å². The van der Waals surface area contributed by atoms with Crippen LogP contribution in [0.5, 0.6) is 5.75 Å². The molecule has 38 heavy (non-hydrogen) atoms. The van der Waals surface area contributed by atoms with Gasteiger partial charge < -0.3 is 35.5 Å². The van der Waals surface area contributed by atoms with E-state index in [1.165, 1.54) is 7.11 Å². The van der Waals surface area contributed by atoms with Crippen LogP contribution in [0.25, 0.3) is 10.9 Å². The molecule has 1 aromatic heterocycles. The standard InChI is InChI=1S/C26H34N4O8/c1-14(2)11-19(30-25(34)20-13-16-17(28-20)5-4-6-22(16)37-3)24(33)29-18(12-15-7-9-27-23(15)32)21(31)8-10-38-26(35)36/h4-6,13-15,18-19,28H,7-12H2,1-3H3,(H,27,32)(H,29,33)(H,30,34)(H,35,36)/t15-,18-,19-/m0/s1. The van der Waals surface area contributed by atoms with Gasteiger partial charge >= 0.3 is 6.16 Å². The lowest BCUT2D eigenvalue weighted by Gasteiger charge is -2.25. The number of carbonyl (C=O) groups is 5. The van der Waals surface area contributed by atoms with Gasteiger partial charge in [-0.3, -0.25) is 19.2 Å². The van der Waals surface area contributed by atoms with E-state index in [0.29, 0.717) is 36.0 Å². The summed E-state index contributed by atoms with van der Waals surface area (Å²) in [4.78, 5) is 65.1. The highest BCUT2D eigenvalue weighted by Gasteiger charge is 2.33. The lowest BCUT2D eigenvalue weighted by Crippen LogP contribution is -2.52. The number of carbonyl (C=O) groups excluding carboxylic acids is 4. The van der Waals surface area contributed by atoms with Gasteiger partial charge in [0.15, 0.2) is 5.78 Å². The molecule has 0 aliphatic carbocycles. The van der Waals surface area contributed by atoms with Gasteiger partial charge in [0.2, 0.25) is 11.8 Å². The topological polar surface area (TPSA) is 176 Å². The van der Waals surface area contributed by atoms with Gasteiger partial charge in [-0.1, -0.05) is 19.9 Å². The Labute approximate surface area is 219 Å². The Morgan fingerprint density at radius 1 is 1.16 bits per heavy atom. The number of ketones is 1. The number of carboxylic acid groups (broad SMARTS) is 1. The van der Waals surface area contributed by atoms with Crippen LogP contribution in [0.15, 0.2) is 24.3 Å². The lowest BCUT2D eigenvalue weighted by molar-refractivity contribution is -0.130. The average molecular weight is 531 g/mol. The van der Waals surface area contributed by atoms with Crippen LogP contribution in [-0.2, 0) is 19.1 Å². The normalized spacial score (nSPS) is 16.5. The van der Waals surface area contributed by atoms with Crippen molar-refractivity contribution in [1.82, 2.24) is 20.9 Å². The molecule has 2 aromatic rings. The molecule has 1 saturated heterocycles. The van der Waals surface area contributed by atoms with Gasteiger partial charge in [-0.25, -0.2) is 4.79 Å². The van der Waals surface area contributed by atoms with E-state index in [1.807, 2.05) is 13.8 Å². The van der Waals surface area contributed by atoms with Crippen LogP contribution in [0.1, 0.15) is 50.0 Å². The number of benzene rings is 1. The first-order valence-corrected chi connectivity index (χ1v) is 12.5. The molecule has 0 saturated carbocycles. The third-order valence-electron chi connectivity index (χ3n) is 6.38. The summed E-state index contributed by atoms with van der Waals surface area (Å²) in [7, 11) is 1.53. The van der Waals surface area contributed by atoms with Crippen LogP contribution in [0, 0.1) is 11.8 Å². The van der Waals surface area contributed by atoms with Crippen molar-refractivity contribution in [3.8, 4) is 5.75 Å². The molecule has 206 valence electrons. The van der Waals surface area contributed by atoms with Crippen molar-refractivity contribution in [2.75, 3.05) is 20.3 Å². The molecule has 5 N–H and O–H groups in total. The van der Waals surface area contributed by atoms with Crippen molar-refractivity contribution in [3.63, 3.8) is 0 Å². The zero-order valence-corrected chi connectivity index (χ0v) is 21.7. The van der Waals surface area contributed by atoms with Gasteiger partial charge in [0.1, 0.15) is 24.1 Å². The molecule has 12 nitrogen and oxygen atoms in total. The van der Waals surface area contributed by atoms with Crippen LogP contribution in [0.2, 0.25) is 0 Å². The largest absolute Gasteiger partial charge is 0.505 e. The molecule has 0 unspecified atom stereocenters. The van der Waals surface area contributed by atoms with Crippen LogP contribution < -0.4 is 20.7 Å². The van der Waals surface area contributed by atoms with E-state index in [-0.39, 0.29) is 37.0 Å². The highest BCUT2D eigenvalue weighted by Crippen LogP contribution is 2.26. The second kappa shape index (κ2) is 12.9. The second-order valence-electron chi connectivity index (χ2n) is 9.66. The van der Waals surface area contributed by atoms with E-state index in [4.69, 9.17) is 9.84 Å². The van der Waals surface area contributed by atoms with Crippen molar-refractivity contribution in [2.45, 2.75) is 51.6 Å². The maximum Gasteiger partial charge on any atom is 0.505 e. The number of methoxy groups -OCH3 is 1. The molecule has 3 rings (SSSR count).